The molecule has 1 aliphatic rings. The first-order chi connectivity index (χ1) is 9.75. The van der Waals surface area contributed by atoms with Crippen molar-refractivity contribution >= 4 is 11.6 Å². The Morgan fingerprint density at radius 3 is 2.90 bits per heavy atom. The van der Waals surface area contributed by atoms with Crippen LogP contribution in [0, 0.1) is 6.92 Å². The number of rotatable bonds is 2. The number of hydrogen-bond acceptors (Lipinski definition) is 3. The lowest BCUT2D eigenvalue weighted by molar-refractivity contribution is 0.0953. The van der Waals surface area contributed by atoms with Crippen LogP contribution >= 0.6 is 0 Å². The Balaban J connectivity index is 1.81. The normalized spacial score (nSPS) is 15.9. The summed E-state index contributed by atoms with van der Waals surface area (Å²) >= 11 is 0. The van der Waals surface area contributed by atoms with Crippen molar-refractivity contribution in [2.45, 2.75) is 26.2 Å². The van der Waals surface area contributed by atoms with Gasteiger partial charge in [-0.15, -0.1) is 0 Å². The number of hydrazone groups is 1. The molecule has 1 amide bonds. The maximum atomic E-state index is 12.0. The van der Waals surface area contributed by atoms with Crippen LogP contribution in [-0.2, 0) is 6.42 Å². The molecule has 0 atom stereocenters. The number of hydrogen-bond donors (Lipinski definition) is 1. The summed E-state index contributed by atoms with van der Waals surface area (Å²) in [6.45, 7) is 1.76. The zero-order chi connectivity index (χ0) is 13.9. The molecule has 1 N–H and O–H groups in total. The average molecular weight is 268 g/mol. The van der Waals surface area contributed by atoms with E-state index in [0.29, 0.717) is 11.3 Å². The minimum atomic E-state index is -0.230. The quantitative estimate of drug-likeness (QED) is 0.851. The van der Waals surface area contributed by atoms with Gasteiger partial charge in [0, 0.05) is 5.56 Å². The van der Waals surface area contributed by atoms with Crippen LogP contribution < -0.4 is 5.43 Å². The van der Waals surface area contributed by atoms with Gasteiger partial charge in [0.05, 0.1) is 17.5 Å². The highest BCUT2D eigenvalue weighted by Gasteiger charge is 2.16. The van der Waals surface area contributed by atoms with E-state index in [1.807, 2.05) is 12.1 Å². The average Bonchev–Trinajstić information content (AvgIpc) is 2.91. The largest absolute Gasteiger partial charge is 0.469 e. The van der Waals surface area contributed by atoms with Gasteiger partial charge in [-0.25, -0.2) is 5.43 Å². The number of carbonyl (C=O) groups excluding carboxylic acids is 1. The lowest BCUT2D eigenvalue weighted by atomic mass is 9.90. The van der Waals surface area contributed by atoms with Crippen molar-refractivity contribution < 1.29 is 9.21 Å². The topological polar surface area (TPSA) is 54.6 Å². The van der Waals surface area contributed by atoms with E-state index in [-0.39, 0.29) is 5.91 Å². The van der Waals surface area contributed by atoms with Crippen molar-refractivity contribution in [3.05, 3.63) is 59.0 Å². The Hall–Kier alpha value is -2.36. The van der Waals surface area contributed by atoms with Crippen LogP contribution in [0.3, 0.4) is 0 Å². The number of benzene rings is 1. The number of nitrogens with zero attached hydrogens (tertiary/aromatic N) is 1. The van der Waals surface area contributed by atoms with Crippen LogP contribution in [0.2, 0.25) is 0 Å². The van der Waals surface area contributed by atoms with Gasteiger partial charge in [0.2, 0.25) is 0 Å². The molecule has 102 valence electrons. The van der Waals surface area contributed by atoms with Gasteiger partial charge in [-0.2, -0.15) is 5.10 Å². The molecular weight excluding hydrogens is 252 g/mol. The molecule has 0 saturated heterocycles. The zero-order valence-electron chi connectivity index (χ0n) is 11.3. The lowest BCUT2D eigenvalue weighted by Crippen LogP contribution is -2.22. The van der Waals surface area contributed by atoms with Gasteiger partial charge in [-0.05, 0) is 37.8 Å². The molecule has 0 unspecified atom stereocenters. The summed E-state index contributed by atoms with van der Waals surface area (Å²) in [6.07, 6.45) is 4.54. The van der Waals surface area contributed by atoms with Crippen molar-refractivity contribution in [2.75, 3.05) is 0 Å². The molecule has 0 saturated carbocycles. The summed E-state index contributed by atoms with van der Waals surface area (Å²) < 4.78 is 5.12. The Kier molecular flexibility index (Phi) is 3.37. The fourth-order valence-corrected chi connectivity index (χ4v) is 2.52. The third-order valence-corrected chi connectivity index (χ3v) is 3.58. The fraction of sp³-hybridized carbons (Fsp3) is 0.250. The maximum Gasteiger partial charge on any atom is 0.274 e. The summed E-state index contributed by atoms with van der Waals surface area (Å²) in [7, 11) is 0. The third-order valence-electron chi connectivity index (χ3n) is 3.58. The van der Waals surface area contributed by atoms with E-state index < -0.39 is 0 Å². The number of fused-ring (bicyclic) bond motifs is 1. The zero-order valence-corrected chi connectivity index (χ0v) is 11.3. The van der Waals surface area contributed by atoms with Crippen LogP contribution in [0.4, 0.5) is 0 Å². The molecule has 4 heteroatoms. The van der Waals surface area contributed by atoms with E-state index in [2.05, 4.69) is 22.7 Å². The molecule has 1 aromatic carbocycles. The molecule has 0 aliphatic heterocycles. The number of furan rings is 1. The van der Waals surface area contributed by atoms with Gasteiger partial charge in [-0.1, -0.05) is 24.3 Å². The standard InChI is InChI=1S/C16H16N2O2/c1-11-13(9-10-20-11)16(19)18-17-15-8-4-6-12-5-2-3-7-14(12)15/h2-3,5,7,9-10H,4,6,8H2,1H3,(H,18,19). The molecule has 3 rings (SSSR count). The SMILES string of the molecule is Cc1occc1C(=O)NN=C1CCCc2ccccc21. The maximum absolute atomic E-state index is 12.0. The molecule has 0 fully saturated rings. The summed E-state index contributed by atoms with van der Waals surface area (Å²) in [6, 6.07) is 9.87. The van der Waals surface area contributed by atoms with Gasteiger partial charge in [0.1, 0.15) is 5.76 Å². The van der Waals surface area contributed by atoms with Crippen molar-refractivity contribution in [1.29, 1.82) is 0 Å². The van der Waals surface area contributed by atoms with E-state index in [1.54, 1.807) is 13.0 Å². The lowest BCUT2D eigenvalue weighted by Gasteiger charge is -2.17. The number of carbonyl (C=O) groups is 1. The second-order valence-corrected chi connectivity index (χ2v) is 4.90. The molecule has 0 bridgehead atoms. The second-order valence-electron chi connectivity index (χ2n) is 4.90. The second kappa shape index (κ2) is 5.33. The monoisotopic (exact) mass is 268 g/mol. The molecular formula is C16H16N2O2. The van der Waals surface area contributed by atoms with Crippen LogP contribution in [-0.4, -0.2) is 11.6 Å². The molecule has 1 aliphatic carbocycles. The first-order valence-electron chi connectivity index (χ1n) is 6.75. The fourth-order valence-electron chi connectivity index (χ4n) is 2.52. The summed E-state index contributed by atoms with van der Waals surface area (Å²) in [5.41, 5.74) is 6.54. The van der Waals surface area contributed by atoms with E-state index in [1.165, 1.54) is 11.8 Å². The smallest absolute Gasteiger partial charge is 0.274 e. The minimum Gasteiger partial charge on any atom is -0.469 e. The van der Waals surface area contributed by atoms with Crippen LogP contribution in [0.15, 0.2) is 46.1 Å². The predicted molar refractivity (Wildman–Crippen MR) is 76.8 cm³/mol. The van der Waals surface area contributed by atoms with E-state index in [4.69, 9.17) is 4.42 Å². The first kappa shape index (κ1) is 12.7. The van der Waals surface area contributed by atoms with Crippen LogP contribution in [0.1, 0.15) is 40.1 Å². The first-order valence-corrected chi connectivity index (χ1v) is 6.75. The number of aryl methyl sites for hydroxylation is 2. The van der Waals surface area contributed by atoms with Gasteiger partial charge in [-0.3, -0.25) is 4.79 Å². The highest BCUT2D eigenvalue weighted by atomic mass is 16.3. The van der Waals surface area contributed by atoms with Crippen molar-refractivity contribution in [3.8, 4) is 0 Å². The Labute approximate surface area is 117 Å². The van der Waals surface area contributed by atoms with Gasteiger partial charge in [0.15, 0.2) is 0 Å². The van der Waals surface area contributed by atoms with E-state index >= 15 is 0 Å². The summed E-state index contributed by atoms with van der Waals surface area (Å²) in [5, 5.41) is 4.30. The molecule has 1 aromatic heterocycles. The van der Waals surface area contributed by atoms with Crippen molar-refractivity contribution in [1.82, 2.24) is 5.43 Å². The number of amides is 1. The molecule has 20 heavy (non-hydrogen) atoms. The van der Waals surface area contributed by atoms with Crippen LogP contribution in [0.5, 0.6) is 0 Å². The molecule has 0 spiro atoms. The van der Waals surface area contributed by atoms with Crippen LogP contribution in [0.25, 0.3) is 0 Å². The minimum absolute atomic E-state index is 0.230. The summed E-state index contributed by atoms with van der Waals surface area (Å²) in [5.74, 6) is 0.374. The Morgan fingerprint density at radius 1 is 1.25 bits per heavy atom. The molecule has 4 nitrogen and oxygen atoms in total. The van der Waals surface area contributed by atoms with Gasteiger partial charge < -0.3 is 4.42 Å². The molecule has 2 aromatic rings. The third kappa shape index (κ3) is 2.37. The van der Waals surface area contributed by atoms with Gasteiger partial charge >= 0.3 is 0 Å². The summed E-state index contributed by atoms with van der Waals surface area (Å²) in [4.78, 5) is 12.0. The Bertz CT molecular complexity index is 671. The van der Waals surface area contributed by atoms with E-state index in [9.17, 15) is 4.79 Å². The Morgan fingerprint density at radius 2 is 2.10 bits per heavy atom. The number of nitrogens with one attached hydrogen (secondary N) is 1. The van der Waals surface area contributed by atoms with Gasteiger partial charge in [0.25, 0.3) is 5.91 Å². The van der Waals surface area contributed by atoms with Crippen molar-refractivity contribution in [3.63, 3.8) is 0 Å². The highest BCUT2D eigenvalue weighted by molar-refractivity contribution is 6.04. The predicted octanol–water partition coefficient (Wildman–Crippen LogP) is 3.06. The highest BCUT2D eigenvalue weighted by Crippen LogP contribution is 2.21. The van der Waals surface area contributed by atoms with Crippen molar-refractivity contribution in [2.24, 2.45) is 5.10 Å². The molecule has 1 heterocycles. The van der Waals surface area contributed by atoms with E-state index in [0.717, 1.165) is 30.5 Å². The molecule has 0 radical (unpaired) electrons.